The second kappa shape index (κ2) is 8.25. The fourth-order valence-electron chi connectivity index (χ4n) is 2.76. The normalized spacial score (nSPS) is 10.6. The molecule has 0 bridgehead atoms. The van der Waals surface area contributed by atoms with Crippen molar-refractivity contribution in [2.75, 3.05) is 0 Å². The molecule has 0 saturated heterocycles. The number of fused-ring (bicyclic) bond motifs is 1. The van der Waals surface area contributed by atoms with Crippen LogP contribution in [0, 0.1) is 6.92 Å². The molecule has 3 nitrogen and oxygen atoms in total. The van der Waals surface area contributed by atoms with Gasteiger partial charge in [-0.25, -0.2) is 0 Å². The Bertz CT molecular complexity index is 966. The molecule has 128 valence electrons. The van der Waals surface area contributed by atoms with Crippen molar-refractivity contribution in [3.8, 4) is 0 Å². The number of aryl methyl sites for hydroxylation is 2. The zero-order valence-corrected chi connectivity index (χ0v) is 15.1. The Kier molecular flexibility index (Phi) is 6.07. The molecule has 3 rings (SSSR count). The molecule has 0 unspecified atom stereocenters. The zero-order chi connectivity index (χ0) is 18.4. The summed E-state index contributed by atoms with van der Waals surface area (Å²) in [4.78, 5) is 25.1. The van der Waals surface area contributed by atoms with E-state index in [0.717, 1.165) is 22.0 Å². The van der Waals surface area contributed by atoms with Crippen LogP contribution in [0.5, 0.6) is 0 Å². The number of pyridine rings is 1. The van der Waals surface area contributed by atoms with Gasteiger partial charge in [0.05, 0.1) is 11.1 Å². The van der Waals surface area contributed by atoms with Gasteiger partial charge in [-0.2, -0.15) is 0 Å². The van der Waals surface area contributed by atoms with Gasteiger partial charge >= 0.3 is 0 Å². The van der Waals surface area contributed by atoms with Gasteiger partial charge in [0.15, 0.2) is 5.78 Å². The van der Waals surface area contributed by atoms with Crippen LogP contribution >= 0.6 is 0 Å². The highest BCUT2D eigenvalue weighted by Crippen LogP contribution is 2.19. The van der Waals surface area contributed by atoms with Crippen LogP contribution < -0.4 is 5.56 Å². The van der Waals surface area contributed by atoms with Gasteiger partial charge in [-0.05, 0) is 30.2 Å². The van der Waals surface area contributed by atoms with Gasteiger partial charge in [-0.15, -0.1) is 0 Å². The predicted molar refractivity (Wildman–Crippen MR) is 105 cm³/mol. The maximum Gasteiger partial charge on any atom is 0.262 e. The number of para-hydroxylation sites is 1. The van der Waals surface area contributed by atoms with Crippen LogP contribution in [0.25, 0.3) is 17.0 Å². The van der Waals surface area contributed by atoms with Gasteiger partial charge in [0.25, 0.3) is 5.56 Å². The highest BCUT2D eigenvalue weighted by Gasteiger charge is 2.16. The minimum atomic E-state index is -0.266. The number of hydrogen-bond acceptors (Lipinski definition) is 2. The quantitative estimate of drug-likeness (QED) is 0.511. The Morgan fingerprint density at radius 3 is 2.24 bits per heavy atom. The molecule has 0 aliphatic heterocycles. The molecule has 0 radical (unpaired) electrons. The summed E-state index contributed by atoms with van der Waals surface area (Å²) >= 11 is 0. The largest absolute Gasteiger partial charge is 0.311 e. The molecular formula is C22H23NO2. The van der Waals surface area contributed by atoms with Crippen molar-refractivity contribution in [1.29, 1.82) is 0 Å². The van der Waals surface area contributed by atoms with E-state index in [0.29, 0.717) is 0 Å². The van der Waals surface area contributed by atoms with Crippen molar-refractivity contribution < 1.29 is 4.79 Å². The Labute approximate surface area is 148 Å². The maximum atomic E-state index is 12.6. The van der Waals surface area contributed by atoms with E-state index in [9.17, 15) is 9.59 Å². The second-order valence-corrected chi connectivity index (χ2v) is 5.49. The molecule has 1 heterocycles. The Morgan fingerprint density at radius 1 is 0.960 bits per heavy atom. The van der Waals surface area contributed by atoms with E-state index in [-0.39, 0.29) is 16.9 Å². The standard InChI is InChI=1S/C20H17NO2.C2H6/c1-14-16-10-6-7-11-17(16)21(2)20(23)19(14)18(22)13-12-15-8-4-3-5-9-15;1-2/h3-13H,1-2H3;1-2H3/b13-12+;. The third-order valence-electron chi connectivity index (χ3n) is 4.04. The summed E-state index contributed by atoms with van der Waals surface area (Å²) in [5.41, 5.74) is 2.46. The van der Waals surface area contributed by atoms with E-state index < -0.39 is 0 Å². The SMILES string of the molecule is CC.Cc1c(C(=O)/C=C/c2ccccc2)c(=O)n(C)c2ccccc12. The molecule has 0 N–H and O–H groups in total. The van der Waals surface area contributed by atoms with Crippen molar-refractivity contribution in [1.82, 2.24) is 4.57 Å². The number of ketones is 1. The highest BCUT2D eigenvalue weighted by molar-refractivity contribution is 6.09. The minimum Gasteiger partial charge on any atom is -0.311 e. The molecule has 0 amide bonds. The number of carbonyl (C=O) groups excluding carboxylic acids is 1. The molecule has 2 aromatic carbocycles. The summed E-state index contributed by atoms with van der Waals surface area (Å²) in [6.07, 6.45) is 3.20. The van der Waals surface area contributed by atoms with Gasteiger partial charge in [0, 0.05) is 12.4 Å². The lowest BCUT2D eigenvalue weighted by Gasteiger charge is -2.11. The molecule has 3 aromatic rings. The molecule has 0 atom stereocenters. The van der Waals surface area contributed by atoms with Crippen molar-refractivity contribution in [2.45, 2.75) is 20.8 Å². The molecule has 0 saturated carbocycles. The van der Waals surface area contributed by atoms with Crippen molar-refractivity contribution >= 4 is 22.8 Å². The van der Waals surface area contributed by atoms with Gasteiger partial charge in [0.2, 0.25) is 0 Å². The molecule has 3 heteroatoms. The van der Waals surface area contributed by atoms with Gasteiger partial charge in [-0.1, -0.05) is 68.5 Å². The third-order valence-corrected chi connectivity index (χ3v) is 4.04. The Hall–Kier alpha value is -2.94. The molecule has 25 heavy (non-hydrogen) atoms. The summed E-state index contributed by atoms with van der Waals surface area (Å²) < 4.78 is 1.53. The summed E-state index contributed by atoms with van der Waals surface area (Å²) in [5, 5.41) is 0.922. The monoisotopic (exact) mass is 333 g/mol. The first-order valence-electron chi connectivity index (χ1n) is 8.45. The van der Waals surface area contributed by atoms with Crippen LogP contribution in [0.15, 0.2) is 65.5 Å². The molecular weight excluding hydrogens is 310 g/mol. The second-order valence-electron chi connectivity index (χ2n) is 5.49. The lowest BCUT2D eigenvalue weighted by Crippen LogP contribution is -2.25. The average molecular weight is 333 g/mol. The van der Waals surface area contributed by atoms with Crippen LogP contribution in [-0.4, -0.2) is 10.4 Å². The average Bonchev–Trinajstić information content (AvgIpc) is 2.67. The lowest BCUT2D eigenvalue weighted by atomic mass is 10.0. The summed E-state index contributed by atoms with van der Waals surface area (Å²) in [6, 6.07) is 17.2. The fourth-order valence-corrected chi connectivity index (χ4v) is 2.76. The van der Waals surface area contributed by atoms with E-state index in [2.05, 4.69) is 0 Å². The van der Waals surface area contributed by atoms with E-state index in [1.165, 1.54) is 10.6 Å². The fraction of sp³-hybridized carbons (Fsp3) is 0.182. The van der Waals surface area contributed by atoms with Gasteiger partial charge in [0.1, 0.15) is 0 Å². The first-order chi connectivity index (χ1) is 12.1. The van der Waals surface area contributed by atoms with Crippen molar-refractivity contribution in [3.63, 3.8) is 0 Å². The molecule has 1 aromatic heterocycles. The summed E-state index contributed by atoms with van der Waals surface area (Å²) in [6.45, 7) is 5.83. The first-order valence-corrected chi connectivity index (χ1v) is 8.45. The van der Waals surface area contributed by atoms with Crippen molar-refractivity contribution in [3.05, 3.63) is 87.7 Å². The minimum absolute atomic E-state index is 0.235. The highest BCUT2D eigenvalue weighted by atomic mass is 16.1. The summed E-state index contributed by atoms with van der Waals surface area (Å²) in [7, 11) is 1.70. The lowest BCUT2D eigenvalue weighted by molar-refractivity contribution is 0.104. The number of rotatable bonds is 3. The molecule has 0 spiro atoms. The predicted octanol–water partition coefficient (Wildman–Crippen LogP) is 4.77. The number of nitrogens with zero attached hydrogens (tertiary/aromatic N) is 1. The van der Waals surface area contributed by atoms with Crippen LogP contribution in [0.4, 0.5) is 0 Å². The number of allylic oxidation sites excluding steroid dienone is 1. The van der Waals surface area contributed by atoms with E-state index in [4.69, 9.17) is 0 Å². The molecule has 0 aliphatic carbocycles. The number of aromatic nitrogens is 1. The van der Waals surface area contributed by atoms with Crippen LogP contribution in [0.2, 0.25) is 0 Å². The van der Waals surface area contributed by atoms with Crippen LogP contribution in [0.3, 0.4) is 0 Å². The first kappa shape index (κ1) is 18.4. The zero-order valence-electron chi connectivity index (χ0n) is 15.1. The number of benzene rings is 2. The molecule has 0 aliphatic rings. The molecule has 0 fully saturated rings. The van der Waals surface area contributed by atoms with E-state index in [1.807, 2.05) is 75.4 Å². The van der Waals surface area contributed by atoms with Gasteiger partial charge in [-0.3, -0.25) is 9.59 Å². The number of hydrogen-bond donors (Lipinski definition) is 0. The van der Waals surface area contributed by atoms with Crippen molar-refractivity contribution in [2.24, 2.45) is 7.05 Å². The maximum absolute atomic E-state index is 12.6. The summed E-state index contributed by atoms with van der Waals surface area (Å²) in [5.74, 6) is -0.266. The third kappa shape index (κ3) is 3.77. The van der Waals surface area contributed by atoms with E-state index >= 15 is 0 Å². The van der Waals surface area contributed by atoms with Crippen LogP contribution in [-0.2, 0) is 7.05 Å². The van der Waals surface area contributed by atoms with Crippen LogP contribution in [0.1, 0.15) is 35.3 Å². The van der Waals surface area contributed by atoms with E-state index in [1.54, 1.807) is 13.1 Å². The Balaban J connectivity index is 0.00000109. The smallest absolute Gasteiger partial charge is 0.262 e. The van der Waals surface area contributed by atoms with Gasteiger partial charge < -0.3 is 4.57 Å². The Morgan fingerprint density at radius 2 is 1.56 bits per heavy atom. The number of carbonyl (C=O) groups is 1. The topological polar surface area (TPSA) is 39.1 Å².